The molecule has 0 radical (unpaired) electrons. The highest BCUT2D eigenvalue weighted by Crippen LogP contribution is 2.24. The van der Waals surface area contributed by atoms with Gasteiger partial charge in [-0.05, 0) is 34.5 Å². The van der Waals surface area contributed by atoms with Gasteiger partial charge >= 0.3 is 0 Å². The van der Waals surface area contributed by atoms with Crippen LogP contribution in [0.15, 0.2) is 35.5 Å². The Morgan fingerprint density at radius 2 is 2.24 bits per heavy atom. The van der Waals surface area contributed by atoms with Crippen LogP contribution in [-0.4, -0.2) is 36.1 Å². The summed E-state index contributed by atoms with van der Waals surface area (Å²) in [6, 6.07) is 6.46. The lowest BCUT2D eigenvalue weighted by Gasteiger charge is -2.34. The molecule has 0 spiro atoms. The molecule has 4 heteroatoms. The molecule has 1 aromatic rings. The zero-order valence-electron chi connectivity index (χ0n) is 9.90. The average Bonchev–Trinajstić information content (AvgIpc) is 2.37. The van der Waals surface area contributed by atoms with Gasteiger partial charge in [0.2, 0.25) is 0 Å². The molecule has 0 bridgehead atoms. The number of piperazine rings is 1. The number of nitrogens with one attached hydrogen (secondary N) is 1. The lowest BCUT2D eigenvalue weighted by molar-refractivity contribution is 0.171. The van der Waals surface area contributed by atoms with Gasteiger partial charge in [-0.1, -0.05) is 12.1 Å². The highest BCUT2D eigenvalue weighted by Gasteiger charge is 2.21. The molecule has 2 heterocycles. The fraction of sp³-hybridized carbons (Fsp3) is 0.462. The van der Waals surface area contributed by atoms with Crippen LogP contribution in [0.3, 0.4) is 0 Å². The van der Waals surface area contributed by atoms with Gasteiger partial charge in [0.25, 0.3) is 0 Å². The van der Waals surface area contributed by atoms with Crippen molar-refractivity contribution in [1.29, 1.82) is 0 Å². The summed E-state index contributed by atoms with van der Waals surface area (Å²) < 4.78 is 0.902. The molecule has 3 nitrogen and oxygen atoms in total. The lowest BCUT2D eigenvalue weighted by Crippen LogP contribution is -2.45. The van der Waals surface area contributed by atoms with Crippen molar-refractivity contribution in [2.24, 2.45) is 0 Å². The molecule has 1 fully saturated rings. The van der Waals surface area contributed by atoms with Gasteiger partial charge in [0.1, 0.15) is 4.60 Å². The molecule has 2 rings (SSSR count). The van der Waals surface area contributed by atoms with Crippen LogP contribution in [-0.2, 0) is 0 Å². The first-order valence-corrected chi connectivity index (χ1v) is 6.78. The topological polar surface area (TPSA) is 28.2 Å². The molecular formula is C13H18BrN3. The van der Waals surface area contributed by atoms with E-state index in [1.54, 1.807) is 0 Å². The molecule has 1 saturated heterocycles. The van der Waals surface area contributed by atoms with Crippen molar-refractivity contribution in [3.05, 3.63) is 41.2 Å². The van der Waals surface area contributed by atoms with Gasteiger partial charge < -0.3 is 5.32 Å². The summed E-state index contributed by atoms with van der Waals surface area (Å²) in [5.74, 6) is 0. The normalized spacial score (nSPS) is 18.9. The summed E-state index contributed by atoms with van der Waals surface area (Å²) in [7, 11) is 0. The van der Waals surface area contributed by atoms with E-state index in [0.29, 0.717) is 6.04 Å². The van der Waals surface area contributed by atoms with Gasteiger partial charge in [-0.15, -0.1) is 6.58 Å². The maximum atomic E-state index is 4.57. The number of nitrogens with zero attached hydrogens (tertiary/aromatic N) is 2. The third-order valence-electron chi connectivity index (χ3n) is 3.06. The van der Waals surface area contributed by atoms with E-state index in [9.17, 15) is 0 Å². The summed E-state index contributed by atoms with van der Waals surface area (Å²) >= 11 is 3.44. The zero-order chi connectivity index (χ0) is 12.1. The molecule has 1 N–H and O–H groups in total. The lowest BCUT2D eigenvalue weighted by atomic mass is 10.1. The summed E-state index contributed by atoms with van der Waals surface area (Å²) in [4.78, 5) is 7.05. The molecule has 1 aliphatic heterocycles. The van der Waals surface area contributed by atoms with Crippen LogP contribution in [0.25, 0.3) is 0 Å². The average molecular weight is 296 g/mol. The van der Waals surface area contributed by atoms with Crippen molar-refractivity contribution in [3.63, 3.8) is 0 Å². The Morgan fingerprint density at radius 3 is 2.88 bits per heavy atom. The SMILES string of the molecule is C=CC[C@@H](c1cccc(Br)n1)N1CCNCC1. The second-order valence-electron chi connectivity index (χ2n) is 4.21. The Balaban J connectivity index is 2.18. The van der Waals surface area contributed by atoms with Gasteiger partial charge in [0.05, 0.1) is 11.7 Å². The molecule has 0 amide bonds. The Kier molecular flexibility index (Phi) is 4.71. The first-order valence-electron chi connectivity index (χ1n) is 5.99. The summed E-state index contributed by atoms with van der Waals surface area (Å²) in [6.07, 6.45) is 2.93. The van der Waals surface area contributed by atoms with Crippen LogP contribution in [0.5, 0.6) is 0 Å². The van der Waals surface area contributed by atoms with Crippen molar-refractivity contribution in [3.8, 4) is 0 Å². The summed E-state index contributed by atoms with van der Waals surface area (Å²) in [5.41, 5.74) is 1.13. The van der Waals surface area contributed by atoms with Crippen LogP contribution in [0, 0.1) is 0 Å². The zero-order valence-corrected chi connectivity index (χ0v) is 11.5. The predicted molar refractivity (Wildman–Crippen MR) is 73.9 cm³/mol. The molecule has 0 saturated carbocycles. The maximum absolute atomic E-state index is 4.57. The number of aromatic nitrogens is 1. The minimum absolute atomic E-state index is 0.354. The van der Waals surface area contributed by atoms with Gasteiger partial charge in [-0.25, -0.2) is 4.98 Å². The standard InChI is InChI=1S/C13H18BrN3/c1-2-4-12(17-9-7-15-8-10-17)11-5-3-6-13(14)16-11/h2-3,5-6,12,15H,1,4,7-10H2/t12-/m0/s1. The monoisotopic (exact) mass is 295 g/mol. The molecule has 1 aliphatic rings. The van der Waals surface area contributed by atoms with Gasteiger partial charge in [-0.3, -0.25) is 4.90 Å². The second kappa shape index (κ2) is 6.28. The fourth-order valence-corrected chi connectivity index (χ4v) is 2.58. The predicted octanol–water partition coefficient (Wildman–Crippen LogP) is 2.37. The third kappa shape index (κ3) is 3.37. The number of hydrogen-bond donors (Lipinski definition) is 1. The van der Waals surface area contributed by atoms with Crippen molar-refractivity contribution in [2.45, 2.75) is 12.5 Å². The van der Waals surface area contributed by atoms with E-state index in [1.807, 2.05) is 18.2 Å². The molecule has 0 unspecified atom stereocenters. The third-order valence-corrected chi connectivity index (χ3v) is 3.50. The first-order chi connectivity index (χ1) is 8.31. The molecule has 92 valence electrons. The second-order valence-corrected chi connectivity index (χ2v) is 5.02. The van der Waals surface area contributed by atoms with E-state index >= 15 is 0 Å². The Morgan fingerprint density at radius 1 is 1.47 bits per heavy atom. The highest BCUT2D eigenvalue weighted by atomic mass is 79.9. The Hall–Kier alpha value is -0.710. The summed E-state index contributed by atoms with van der Waals surface area (Å²) in [6.45, 7) is 8.13. The largest absolute Gasteiger partial charge is 0.314 e. The van der Waals surface area contributed by atoms with Crippen LogP contribution >= 0.6 is 15.9 Å². The van der Waals surface area contributed by atoms with Gasteiger partial charge in [-0.2, -0.15) is 0 Å². The molecule has 1 aromatic heterocycles. The fourth-order valence-electron chi connectivity index (χ4n) is 2.22. The van der Waals surface area contributed by atoms with Crippen LogP contribution in [0.4, 0.5) is 0 Å². The van der Waals surface area contributed by atoms with E-state index in [-0.39, 0.29) is 0 Å². The highest BCUT2D eigenvalue weighted by molar-refractivity contribution is 9.10. The first kappa shape index (κ1) is 12.7. The molecule has 1 atom stereocenters. The van der Waals surface area contributed by atoms with E-state index in [2.05, 4.69) is 43.8 Å². The van der Waals surface area contributed by atoms with Gasteiger partial charge in [0.15, 0.2) is 0 Å². The van der Waals surface area contributed by atoms with Crippen molar-refractivity contribution in [2.75, 3.05) is 26.2 Å². The molecular weight excluding hydrogens is 278 g/mol. The van der Waals surface area contributed by atoms with Crippen LogP contribution in [0.2, 0.25) is 0 Å². The Bertz CT molecular complexity index is 375. The van der Waals surface area contributed by atoms with Crippen LogP contribution < -0.4 is 5.32 Å². The number of pyridine rings is 1. The quantitative estimate of drug-likeness (QED) is 0.683. The van der Waals surface area contributed by atoms with E-state index in [0.717, 1.165) is 42.9 Å². The minimum Gasteiger partial charge on any atom is -0.314 e. The van der Waals surface area contributed by atoms with Gasteiger partial charge in [0, 0.05) is 26.2 Å². The molecule has 17 heavy (non-hydrogen) atoms. The van der Waals surface area contributed by atoms with E-state index < -0.39 is 0 Å². The minimum atomic E-state index is 0.354. The number of halogens is 1. The number of rotatable bonds is 4. The van der Waals surface area contributed by atoms with E-state index in [1.165, 1.54) is 0 Å². The Labute approximate surface area is 111 Å². The van der Waals surface area contributed by atoms with Crippen molar-refractivity contribution >= 4 is 15.9 Å². The molecule has 0 aliphatic carbocycles. The summed E-state index contributed by atoms with van der Waals surface area (Å²) in [5, 5.41) is 3.38. The van der Waals surface area contributed by atoms with Crippen molar-refractivity contribution in [1.82, 2.24) is 15.2 Å². The molecule has 0 aromatic carbocycles. The van der Waals surface area contributed by atoms with Crippen LogP contribution in [0.1, 0.15) is 18.2 Å². The van der Waals surface area contributed by atoms with E-state index in [4.69, 9.17) is 0 Å². The number of hydrogen-bond acceptors (Lipinski definition) is 3. The smallest absolute Gasteiger partial charge is 0.106 e. The van der Waals surface area contributed by atoms with Crippen molar-refractivity contribution < 1.29 is 0 Å². The maximum Gasteiger partial charge on any atom is 0.106 e.